The number of aliphatic hydroxyl groups is 2. The molecule has 1 fully saturated rings. The predicted octanol–water partition coefficient (Wildman–Crippen LogP) is 1.41. The summed E-state index contributed by atoms with van der Waals surface area (Å²) in [6.45, 7) is 2.43. The SMILES string of the molecule is OCCCCOc1ccccc1C1(O)CCNCC1. The van der Waals surface area contributed by atoms with Crippen LogP contribution in [-0.2, 0) is 5.60 Å². The topological polar surface area (TPSA) is 61.7 Å². The second-order valence-electron chi connectivity index (χ2n) is 5.06. The summed E-state index contributed by atoms with van der Waals surface area (Å²) < 4.78 is 5.77. The Bertz CT molecular complexity index is 389. The van der Waals surface area contributed by atoms with E-state index in [9.17, 15) is 5.11 Å². The van der Waals surface area contributed by atoms with E-state index in [1.807, 2.05) is 24.3 Å². The van der Waals surface area contributed by atoms with E-state index < -0.39 is 5.60 Å². The Hall–Kier alpha value is -1.10. The van der Waals surface area contributed by atoms with Gasteiger partial charge in [0.25, 0.3) is 0 Å². The Balaban J connectivity index is 2.06. The van der Waals surface area contributed by atoms with Gasteiger partial charge in [0.15, 0.2) is 0 Å². The molecule has 106 valence electrons. The van der Waals surface area contributed by atoms with E-state index in [4.69, 9.17) is 9.84 Å². The van der Waals surface area contributed by atoms with Crippen LogP contribution in [0.4, 0.5) is 0 Å². The highest BCUT2D eigenvalue weighted by Crippen LogP contribution is 2.36. The van der Waals surface area contributed by atoms with Crippen LogP contribution in [0, 0.1) is 0 Å². The van der Waals surface area contributed by atoms with Gasteiger partial charge in [-0.25, -0.2) is 0 Å². The average Bonchev–Trinajstić information content (AvgIpc) is 2.45. The molecule has 4 nitrogen and oxygen atoms in total. The van der Waals surface area contributed by atoms with Crippen LogP contribution in [0.2, 0.25) is 0 Å². The highest BCUT2D eigenvalue weighted by Gasteiger charge is 2.33. The van der Waals surface area contributed by atoms with E-state index in [1.165, 1.54) is 0 Å². The summed E-state index contributed by atoms with van der Waals surface area (Å²) >= 11 is 0. The molecule has 0 aromatic heterocycles. The summed E-state index contributed by atoms with van der Waals surface area (Å²) in [7, 11) is 0. The first-order valence-electron chi connectivity index (χ1n) is 7.02. The molecule has 0 bridgehead atoms. The number of piperidine rings is 1. The Kier molecular flexibility index (Phi) is 5.19. The predicted molar refractivity (Wildman–Crippen MR) is 74.3 cm³/mol. The zero-order valence-electron chi connectivity index (χ0n) is 11.3. The maximum Gasteiger partial charge on any atom is 0.125 e. The fraction of sp³-hybridized carbons (Fsp3) is 0.600. The molecule has 0 radical (unpaired) electrons. The molecule has 1 aromatic rings. The quantitative estimate of drug-likeness (QED) is 0.681. The first kappa shape index (κ1) is 14.3. The van der Waals surface area contributed by atoms with Gasteiger partial charge < -0.3 is 20.3 Å². The van der Waals surface area contributed by atoms with Crippen molar-refractivity contribution >= 4 is 0 Å². The van der Waals surface area contributed by atoms with E-state index in [2.05, 4.69) is 5.32 Å². The highest BCUT2D eigenvalue weighted by atomic mass is 16.5. The van der Waals surface area contributed by atoms with E-state index in [0.29, 0.717) is 19.4 Å². The monoisotopic (exact) mass is 265 g/mol. The Labute approximate surface area is 114 Å². The highest BCUT2D eigenvalue weighted by molar-refractivity contribution is 5.38. The van der Waals surface area contributed by atoms with E-state index in [0.717, 1.165) is 37.2 Å². The molecule has 0 amide bonds. The molecular weight excluding hydrogens is 242 g/mol. The number of hydrogen-bond donors (Lipinski definition) is 3. The summed E-state index contributed by atoms with van der Waals surface area (Å²) in [5, 5.41) is 22.8. The Morgan fingerprint density at radius 2 is 1.89 bits per heavy atom. The molecule has 1 aromatic carbocycles. The molecule has 1 aliphatic heterocycles. The molecule has 0 atom stereocenters. The van der Waals surface area contributed by atoms with Crippen molar-refractivity contribution in [2.45, 2.75) is 31.3 Å². The lowest BCUT2D eigenvalue weighted by molar-refractivity contribution is 0.00339. The van der Waals surface area contributed by atoms with Gasteiger partial charge in [-0.2, -0.15) is 0 Å². The number of hydrogen-bond acceptors (Lipinski definition) is 4. The van der Waals surface area contributed by atoms with Crippen LogP contribution in [-0.4, -0.2) is 36.5 Å². The lowest BCUT2D eigenvalue weighted by atomic mass is 9.84. The molecule has 1 heterocycles. The maximum atomic E-state index is 10.8. The van der Waals surface area contributed by atoms with Gasteiger partial charge >= 0.3 is 0 Å². The minimum atomic E-state index is -0.779. The number of ether oxygens (including phenoxy) is 1. The van der Waals surface area contributed by atoms with Gasteiger partial charge in [-0.1, -0.05) is 18.2 Å². The molecule has 3 N–H and O–H groups in total. The van der Waals surface area contributed by atoms with Crippen LogP contribution in [0.15, 0.2) is 24.3 Å². The zero-order valence-corrected chi connectivity index (χ0v) is 11.3. The van der Waals surface area contributed by atoms with Gasteiger partial charge in [0.05, 0.1) is 12.2 Å². The standard InChI is InChI=1S/C15H23NO3/c17-11-3-4-12-19-14-6-2-1-5-13(14)15(18)7-9-16-10-8-15/h1-2,5-6,16-18H,3-4,7-12H2. The van der Waals surface area contributed by atoms with Gasteiger partial charge in [0.1, 0.15) is 5.75 Å². The van der Waals surface area contributed by atoms with E-state index in [1.54, 1.807) is 0 Å². The van der Waals surface area contributed by atoms with Gasteiger partial charge in [0, 0.05) is 12.2 Å². The minimum Gasteiger partial charge on any atom is -0.493 e. The summed E-state index contributed by atoms with van der Waals surface area (Å²) in [4.78, 5) is 0. The second kappa shape index (κ2) is 6.89. The van der Waals surface area contributed by atoms with Gasteiger partial charge in [0.2, 0.25) is 0 Å². The Morgan fingerprint density at radius 1 is 1.16 bits per heavy atom. The zero-order chi connectivity index (χ0) is 13.6. The summed E-state index contributed by atoms with van der Waals surface area (Å²) in [5.41, 5.74) is 0.110. The summed E-state index contributed by atoms with van der Waals surface area (Å²) in [6.07, 6.45) is 3.00. The molecule has 1 saturated heterocycles. The molecule has 0 spiro atoms. The number of benzene rings is 1. The number of aliphatic hydroxyl groups excluding tert-OH is 1. The van der Waals surface area contributed by atoms with Crippen molar-refractivity contribution in [2.75, 3.05) is 26.3 Å². The van der Waals surface area contributed by atoms with Crippen LogP contribution >= 0.6 is 0 Å². The third kappa shape index (κ3) is 3.69. The number of rotatable bonds is 6. The molecule has 0 unspecified atom stereocenters. The fourth-order valence-corrected chi connectivity index (χ4v) is 2.48. The minimum absolute atomic E-state index is 0.195. The van der Waals surface area contributed by atoms with Gasteiger partial charge in [-0.05, 0) is 44.8 Å². The average molecular weight is 265 g/mol. The fourth-order valence-electron chi connectivity index (χ4n) is 2.48. The third-order valence-corrected chi connectivity index (χ3v) is 3.63. The Morgan fingerprint density at radius 3 is 2.63 bits per heavy atom. The molecule has 1 aliphatic rings. The van der Waals surface area contributed by atoms with Gasteiger partial charge in [-0.3, -0.25) is 0 Å². The molecule has 0 aliphatic carbocycles. The largest absolute Gasteiger partial charge is 0.493 e. The van der Waals surface area contributed by atoms with Crippen molar-refractivity contribution in [3.63, 3.8) is 0 Å². The maximum absolute atomic E-state index is 10.8. The first-order chi connectivity index (χ1) is 9.26. The van der Waals surface area contributed by atoms with Crippen molar-refractivity contribution < 1.29 is 14.9 Å². The summed E-state index contributed by atoms with van der Waals surface area (Å²) in [6, 6.07) is 7.73. The van der Waals surface area contributed by atoms with Crippen molar-refractivity contribution in [2.24, 2.45) is 0 Å². The lowest BCUT2D eigenvalue weighted by Crippen LogP contribution is -2.39. The van der Waals surface area contributed by atoms with E-state index in [-0.39, 0.29) is 6.61 Å². The molecule has 19 heavy (non-hydrogen) atoms. The van der Waals surface area contributed by atoms with Crippen LogP contribution in [0.1, 0.15) is 31.2 Å². The van der Waals surface area contributed by atoms with Crippen LogP contribution in [0.25, 0.3) is 0 Å². The molecule has 4 heteroatoms. The number of nitrogens with one attached hydrogen (secondary N) is 1. The van der Waals surface area contributed by atoms with Crippen molar-refractivity contribution in [3.8, 4) is 5.75 Å². The molecule has 0 saturated carbocycles. The second-order valence-corrected chi connectivity index (χ2v) is 5.06. The molecule has 2 rings (SSSR count). The normalized spacial score (nSPS) is 18.2. The third-order valence-electron chi connectivity index (χ3n) is 3.63. The van der Waals surface area contributed by atoms with Crippen LogP contribution in [0.3, 0.4) is 0 Å². The van der Waals surface area contributed by atoms with Crippen molar-refractivity contribution in [1.29, 1.82) is 0 Å². The van der Waals surface area contributed by atoms with Crippen LogP contribution in [0.5, 0.6) is 5.75 Å². The molecular formula is C15H23NO3. The number of unbranched alkanes of at least 4 members (excludes halogenated alkanes) is 1. The van der Waals surface area contributed by atoms with Crippen molar-refractivity contribution in [3.05, 3.63) is 29.8 Å². The smallest absolute Gasteiger partial charge is 0.125 e. The first-order valence-corrected chi connectivity index (χ1v) is 7.02. The van der Waals surface area contributed by atoms with Gasteiger partial charge in [-0.15, -0.1) is 0 Å². The number of para-hydroxylation sites is 1. The van der Waals surface area contributed by atoms with Crippen molar-refractivity contribution in [1.82, 2.24) is 5.32 Å². The summed E-state index contributed by atoms with van der Waals surface area (Å²) in [5.74, 6) is 0.768. The van der Waals surface area contributed by atoms with E-state index >= 15 is 0 Å². The lowest BCUT2D eigenvalue weighted by Gasteiger charge is -2.34. The van der Waals surface area contributed by atoms with Crippen LogP contribution < -0.4 is 10.1 Å².